The number of aryl methyl sites for hydroxylation is 1. The Morgan fingerprint density at radius 2 is 1.92 bits per heavy atom. The summed E-state index contributed by atoms with van der Waals surface area (Å²) >= 11 is 0. The Balaban J connectivity index is 1.65. The number of rotatable bonds is 5. The zero-order valence-electron chi connectivity index (χ0n) is 15.1. The van der Waals surface area contributed by atoms with Gasteiger partial charge in [0, 0.05) is 34.9 Å². The molecule has 0 radical (unpaired) electrons. The topological polar surface area (TPSA) is 67.7 Å². The zero-order valence-corrected chi connectivity index (χ0v) is 15.1. The van der Waals surface area contributed by atoms with E-state index in [0.29, 0.717) is 12.3 Å². The molecule has 0 spiro atoms. The summed E-state index contributed by atoms with van der Waals surface area (Å²) in [6.45, 7) is 4.56. The van der Waals surface area contributed by atoms with Crippen LogP contribution in [0.5, 0.6) is 5.75 Å². The van der Waals surface area contributed by atoms with Crippen molar-refractivity contribution in [2.24, 2.45) is 12.1 Å². The van der Waals surface area contributed by atoms with Gasteiger partial charge in [-0.1, -0.05) is 18.2 Å². The van der Waals surface area contributed by atoms with Gasteiger partial charge in [0.1, 0.15) is 5.75 Å². The van der Waals surface area contributed by atoms with Crippen LogP contribution in [0, 0.1) is 6.92 Å². The second kappa shape index (κ2) is 7.74. The van der Waals surface area contributed by atoms with Crippen LogP contribution in [0.25, 0.3) is 10.9 Å². The SMILES string of the molecule is CCOc1ccc(NC(=O)N/N=C\c2c(C)n(C)c3ccccc23)cc1. The number of nitrogens with one attached hydrogen (secondary N) is 2. The second-order valence-corrected chi connectivity index (χ2v) is 5.86. The largest absolute Gasteiger partial charge is 0.494 e. The molecule has 134 valence electrons. The van der Waals surface area contributed by atoms with Gasteiger partial charge in [-0.2, -0.15) is 5.10 Å². The van der Waals surface area contributed by atoms with Crippen LogP contribution in [-0.2, 0) is 7.05 Å². The Bertz CT molecular complexity index is 942. The molecule has 1 heterocycles. The molecule has 2 aromatic carbocycles. The van der Waals surface area contributed by atoms with Gasteiger partial charge in [-0.15, -0.1) is 0 Å². The molecule has 0 aliphatic rings. The molecule has 3 rings (SSSR count). The predicted molar refractivity (Wildman–Crippen MR) is 105 cm³/mol. The number of aromatic nitrogens is 1. The number of anilines is 1. The van der Waals surface area contributed by atoms with Crippen LogP contribution < -0.4 is 15.5 Å². The Labute approximate surface area is 152 Å². The molecule has 0 bridgehead atoms. The van der Waals surface area contributed by atoms with Crippen LogP contribution >= 0.6 is 0 Å². The Kier molecular flexibility index (Phi) is 5.22. The Morgan fingerprint density at radius 1 is 1.19 bits per heavy atom. The van der Waals surface area contributed by atoms with E-state index in [0.717, 1.165) is 27.9 Å². The number of hydrogen-bond donors (Lipinski definition) is 2. The highest BCUT2D eigenvalue weighted by Gasteiger charge is 2.09. The highest BCUT2D eigenvalue weighted by molar-refractivity contribution is 6.01. The second-order valence-electron chi connectivity index (χ2n) is 5.86. The van der Waals surface area contributed by atoms with Crippen LogP contribution in [0.3, 0.4) is 0 Å². The van der Waals surface area contributed by atoms with Gasteiger partial charge in [0.15, 0.2) is 0 Å². The third-order valence-corrected chi connectivity index (χ3v) is 4.23. The molecular formula is C20H22N4O2. The van der Waals surface area contributed by atoms with E-state index in [1.54, 1.807) is 18.3 Å². The van der Waals surface area contributed by atoms with Crippen molar-refractivity contribution in [1.82, 2.24) is 9.99 Å². The van der Waals surface area contributed by atoms with E-state index < -0.39 is 6.03 Å². The van der Waals surface area contributed by atoms with E-state index in [1.165, 1.54) is 0 Å². The van der Waals surface area contributed by atoms with E-state index in [9.17, 15) is 4.79 Å². The maximum Gasteiger partial charge on any atom is 0.339 e. The fourth-order valence-corrected chi connectivity index (χ4v) is 2.83. The summed E-state index contributed by atoms with van der Waals surface area (Å²) in [6.07, 6.45) is 1.68. The number of ether oxygens (including phenoxy) is 1. The van der Waals surface area contributed by atoms with Crippen molar-refractivity contribution in [3.63, 3.8) is 0 Å². The minimum atomic E-state index is -0.400. The summed E-state index contributed by atoms with van der Waals surface area (Å²) in [5.74, 6) is 0.767. The van der Waals surface area contributed by atoms with E-state index in [-0.39, 0.29) is 0 Å². The summed E-state index contributed by atoms with van der Waals surface area (Å²) < 4.78 is 7.48. The highest BCUT2D eigenvalue weighted by Crippen LogP contribution is 2.23. The average molecular weight is 350 g/mol. The zero-order chi connectivity index (χ0) is 18.5. The van der Waals surface area contributed by atoms with E-state index >= 15 is 0 Å². The number of benzene rings is 2. The van der Waals surface area contributed by atoms with Gasteiger partial charge in [-0.25, -0.2) is 10.2 Å². The highest BCUT2D eigenvalue weighted by atomic mass is 16.5. The molecule has 1 aromatic heterocycles. The number of urea groups is 1. The van der Waals surface area contributed by atoms with Gasteiger partial charge in [-0.3, -0.25) is 0 Å². The van der Waals surface area contributed by atoms with Gasteiger partial charge in [0.2, 0.25) is 0 Å². The fraction of sp³-hybridized carbons (Fsp3) is 0.200. The van der Waals surface area contributed by atoms with Gasteiger partial charge < -0.3 is 14.6 Å². The van der Waals surface area contributed by atoms with Crippen molar-refractivity contribution >= 4 is 28.8 Å². The van der Waals surface area contributed by atoms with Crippen LogP contribution in [0.15, 0.2) is 53.6 Å². The molecule has 0 aliphatic heterocycles. The van der Waals surface area contributed by atoms with E-state index in [2.05, 4.69) is 26.5 Å². The summed E-state index contributed by atoms with van der Waals surface area (Å²) in [7, 11) is 2.01. The first-order valence-electron chi connectivity index (χ1n) is 8.47. The lowest BCUT2D eigenvalue weighted by atomic mass is 10.1. The first-order chi connectivity index (χ1) is 12.6. The third-order valence-electron chi connectivity index (χ3n) is 4.23. The summed E-state index contributed by atoms with van der Waals surface area (Å²) in [4.78, 5) is 12.0. The van der Waals surface area contributed by atoms with E-state index in [1.807, 2.05) is 51.2 Å². The number of amides is 2. The van der Waals surface area contributed by atoms with Crippen molar-refractivity contribution in [1.29, 1.82) is 0 Å². The number of carbonyl (C=O) groups excluding carboxylic acids is 1. The number of para-hydroxylation sites is 1. The maximum atomic E-state index is 12.0. The first kappa shape index (κ1) is 17.5. The average Bonchev–Trinajstić information content (AvgIpc) is 2.89. The number of fused-ring (bicyclic) bond motifs is 1. The molecule has 0 saturated carbocycles. The molecule has 6 nitrogen and oxygen atoms in total. The van der Waals surface area contributed by atoms with Crippen molar-refractivity contribution in [2.75, 3.05) is 11.9 Å². The lowest BCUT2D eigenvalue weighted by molar-refractivity contribution is 0.252. The van der Waals surface area contributed by atoms with Crippen LogP contribution in [0.2, 0.25) is 0 Å². The summed E-state index contributed by atoms with van der Waals surface area (Å²) in [5, 5.41) is 7.92. The third kappa shape index (κ3) is 3.69. The smallest absolute Gasteiger partial charge is 0.339 e. The van der Waals surface area contributed by atoms with Gasteiger partial charge in [0.05, 0.1) is 12.8 Å². The van der Waals surface area contributed by atoms with Crippen LogP contribution in [0.4, 0.5) is 10.5 Å². The standard InChI is InChI=1S/C20H22N4O2/c1-4-26-16-11-9-15(10-12-16)22-20(25)23-21-13-18-14(2)24(3)19-8-6-5-7-17(18)19/h5-13H,4H2,1-3H3,(H2,22,23,25)/b21-13-. The molecule has 26 heavy (non-hydrogen) atoms. The molecule has 0 atom stereocenters. The lowest BCUT2D eigenvalue weighted by Gasteiger charge is -2.06. The minimum Gasteiger partial charge on any atom is -0.494 e. The quantitative estimate of drug-likeness (QED) is 0.539. The van der Waals surface area contributed by atoms with Gasteiger partial charge in [-0.05, 0) is 44.2 Å². The monoisotopic (exact) mass is 350 g/mol. The predicted octanol–water partition coefficient (Wildman–Crippen LogP) is 4.04. The molecule has 2 amide bonds. The summed E-state index contributed by atoms with van der Waals surface area (Å²) in [5.41, 5.74) is 6.38. The molecule has 0 unspecified atom stereocenters. The number of nitrogens with zero attached hydrogens (tertiary/aromatic N) is 2. The minimum absolute atomic E-state index is 0.400. The van der Waals surface area contributed by atoms with Gasteiger partial charge >= 0.3 is 6.03 Å². The van der Waals surface area contributed by atoms with Gasteiger partial charge in [0.25, 0.3) is 0 Å². The van der Waals surface area contributed by atoms with Crippen molar-refractivity contribution in [3.8, 4) is 5.75 Å². The normalized spacial score (nSPS) is 11.0. The molecular weight excluding hydrogens is 328 g/mol. The number of hydrazone groups is 1. The maximum absolute atomic E-state index is 12.0. The van der Waals surface area contributed by atoms with Crippen molar-refractivity contribution in [2.45, 2.75) is 13.8 Å². The lowest BCUT2D eigenvalue weighted by Crippen LogP contribution is -2.24. The fourth-order valence-electron chi connectivity index (χ4n) is 2.83. The van der Waals surface area contributed by atoms with Crippen molar-refractivity contribution in [3.05, 3.63) is 59.8 Å². The molecule has 0 fully saturated rings. The number of carbonyl (C=O) groups is 1. The summed E-state index contributed by atoms with van der Waals surface area (Å²) in [6, 6.07) is 14.9. The Hall–Kier alpha value is -3.28. The first-order valence-corrected chi connectivity index (χ1v) is 8.47. The number of hydrogen-bond acceptors (Lipinski definition) is 3. The molecule has 6 heteroatoms. The molecule has 0 aliphatic carbocycles. The van der Waals surface area contributed by atoms with Crippen molar-refractivity contribution < 1.29 is 9.53 Å². The van der Waals surface area contributed by atoms with Crippen LogP contribution in [0.1, 0.15) is 18.2 Å². The van der Waals surface area contributed by atoms with Crippen LogP contribution in [-0.4, -0.2) is 23.4 Å². The Morgan fingerprint density at radius 3 is 2.65 bits per heavy atom. The molecule has 0 saturated heterocycles. The van der Waals surface area contributed by atoms with E-state index in [4.69, 9.17) is 4.74 Å². The molecule has 2 N–H and O–H groups in total. The molecule has 3 aromatic rings.